The van der Waals surface area contributed by atoms with E-state index in [-0.39, 0.29) is 18.3 Å². The summed E-state index contributed by atoms with van der Waals surface area (Å²) in [6.07, 6.45) is 0. The number of rotatable bonds is 4. The summed E-state index contributed by atoms with van der Waals surface area (Å²) in [6.45, 7) is 2.25. The van der Waals surface area contributed by atoms with Gasteiger partial charge in [0.1, 0.15) is 11.6 Å². The van der Waals surface area contributed by atoms with Crippen molar-refractivity contribution in [3.8, 4) is 5.75 Å². The van der Waals surface area contributed by atoms with Crippen molar-refractivity contribution < 1.29 is 13.9 Å². The van der Waals surface area contributed by atoms with Gasteiger partial charge in [-0.05, 0) is 19.1 Å². The molecule has 0 saturated heterocycles. The van der Waals surface area contributed by atoms with Crippen LogP contribution in [-0.4, -0.2) is 19.1 Å². The van der Waals surface area contributed by atoms with Crippen LogP contribution in [0.1, 0.15) is 6.92 Å². The fraction of sp³-hybridized carbons (Fsp3) is 0.300. The van der Waals surface area contributed by atoms with E-state index in [2.05, 4.69) is 0 Å². The van der Waals surface area contributed by atoms with Crippen LogP contribution < -0.4 is 4.74 Å². The Labute approximate surface area is 82.0 Å². The van der Waals surface area contributed by atoms with Crippen LogP contribution in [-0.2, 0) is 4.74 Å². The highest BCUT2D eigenvalue weighted by Gasteiger charge is 1.99. The molecule has 0 atom stereocenters. The van der Waals surface area contributed by atoms with Crippen LogP contribution in [0, 0.1) is 11.2 Å². The van der Waals surface area contributed by atoms with E-state index >= 15 is 0 Å². The topological polar surface area (TPSA) is 42.3 Å². The molecule has 0 aliphatic heterocycles. The Bertz CT molecular complexity index is 315. The summed E-state index contributed by atoms with van der Waals surface area (Å²) < 4.78 is 22.6. The predicted octanol–water partition coefficient (Wildman–Crippen LogP) is 2.22. The summed E-state index contributed by atoms with van der Waals surface area (Å²) in [5, 5.41) is 7.25. The van der Waals surface area contributed by atoms with Crippen molar-refractivity contribution >= 4 is 5.90 Å². The van der Waals surface area contributed by atoms with Gasteiger partial charge >= 0.3 is 0 Å². The lowest BCUT2D eigenvalue weighted by Crippen LogP contribution is -2.13. The molecule has 4 heteroatoms. The molecular weight excluding hydrogens is 185 g/mol. The van der Waals surface area contributed by atoms with Crippen LogP contribution >= 0.6 is 0 Å². The minimum Gasteiger partial charge on any atom is -0.484 e. The molecule has 1 aromatic rings. The first kappa shape index (κ1) is 10.5. The summed E-state index contributed by atoms with van der Waals surface area (Å²) >= 11 is 0. The number of benzene rings is 1. The SMILES string of the molecule is CCOC(=N)COc1cccc(F)c1. The molecule has 0 unspecified atom stereocenters. The monoisotopic (exact) mass is 197 g/mol. The maximum Gasteiger partial charge on any atom is 0.219 e. The van der Waals surface area contributed by atoms with Crippen LogP contribution in [0.2, 0.25) is 0 Å². The first-order valence-electron chi connectivity index (χ1n) is 4.31. The van der Waals surface area contributed by atoms with Crippen molar-refractivity contribution in [2.45, 2.75) is 6.92 Å². The zero-order chi connectivity index (χ0) is 10.4. The zero-order valence-electron chi connectivity index (χ0n) is 7.92. The van der Waals surface area contributed by atoms with Gasteiger partial charge in [-0.15, -0.1) is 0 Å². The Morgan fingerprint density at radius 2 is 2.29 bits per heavy atom. The van der Waals surface area contributed by atoms with Gasteiger partial charge in [0.2, 0.25) is 5.90 Å². The molecular formula is C10H12FNO2. The number of hydrogen-bond donors (Lipinski definition) is 1. The molecule has 0 radical (unpaired) electrons. The molecule has 0 heterocycles. The van der Waals surface area contributed by atoms with Gasteiger partial charge in [-0.2, -0.15) is 0 Å². The molecule has 0 amide bonds. The zero-order valence-corrected chi connectivity index (χ0v) is 7.92. The highest BCUT2D eigenvalue weighted by Crippen LogP contribution is 2.11. The Hall–Kier alpha value is -1.58. The van der Waals surface area contributed by atoms with Crippen LogP contribution in [0.4, 0.5) is 4.39 Å². The summed E-state index contributed by atoms with van der Waals surface area (Å²) in [7, 11) is 0. The lowest BCUT2D eigenvalue weighted by Gasteiger charge is -2.07. The van der Waals surface area contributed by atoms with Crippen LogP contribution in [0.25, 0.3) is 0 Å². The van der Waals surface area contributed by atoms with E-state index in [1.54, 1.807) is 19.1 Å². The van der Waals surface area contributed by atoms with E-state index in [4.69, 9.17) is 14.9 Å². The van der Waals surface area contributed by atoms with Crippen molar-refractivity contribution in [2.75, 3.05) is 13.2 Å². The normalized spacial score (nSPS) is 9.57. The predicted molar refractivity (Wildman–Crippen MR) is 51.2 cm³/mol. The minimum atomic E-state index is -0.356. The van der Waals surface area contributed by atoms with E-state index in [9.17, 15) is 4.39 Å². The molecule has 1 rings (SSSR count). The van der Waals surface area contributed by atoms with Crippen LogP contribution in [0.15, 0.2) is 24.3 Å². The van der Waals surface area contributed by atoms with Crippen molar-refractivity contribution in [2.24, 2.45) is 0 Å². The van der Waals surface area contributed by atoms with E-state index in [0.717, 1.165) is 0 Å². The third kappa shape index (κ3) is 3.43. The molecule has 0 fully saturated rings. The molecule has 14 heavy (non-hydrogen) atoms. The molecule has 76 valence electrons. The number of ether oxygens (including phenoxy) is 2. The molecule has 0 saturated carbocycles. The Morgan fingerprint density at radius 3 is 2.93 bits per heavy atom. The fourth-order valence-electron chi connectivity index (χ4n) is 0.922. The van der Waals surface area contributed by atoms with Gasteiger partial charge in [0.15, 0.2) is 6.61 Å². The largest absolute Gasteiger partial charge is 0.484 e. The molecule has 0 aliphatic rings. The summed E-state index contributed by atoms with van der Waals surface area (Å²) in [5.74, 6) is 0.0802. The molecule has 3 nitrogen and oxygen atoms in total. The maximum absolute atomic E-state index is 12.7. The van der Waals surface area contributed by atoms with Gasteiger partial charge in [0.25, 0.3) is 0 Å². The van der Waals surface area contributed by atoms with Gasteiger partial charge in [-0.1, -0.05) is 6.07 Å². The van der Waals surface area contributed by atoms with Gasteiger partial charge in [0, 0.05) is 6.07 Å². The van der Waals surface area contributed by atoms with Crippen LogP contribution in [0.5, 0.6) is 5.75 Å². The second kappa shape index (κ2) is 5.21. The maximum atomic E-state index is 12.7. The Kier molecular flexibility index (Phi) is 3.91. The Morgan fingerprint density at radius 1 is 1.50 bits per heavy atom. The summed E-state index contributed by atoms with van der Waals surface area (Å²) in [5.41, 5.74) is 0. The average Bonchev–Trinajstić information content (AvgIpc) is 2.15. The third-order valence-electron chi connectivity index (χ3n) is 1.48. The van der Waals surface area contributed by atoms with E-state index in [0.29, 0.717) is 12.4 Å². The van der Waals surface area contributed by atoms with E-state index < -0.39 is 0 Å². The minimum absolute atomic E-state index is 0.0251. The van der Waals surface area contributed by atoms with Crippen molar-refractivity contribution in [1.29, 1.82) is 5.41 Å². The molecule has 0 bridgehead atoms. The van der Waals surface area contributed by atoms with Crippen molar-refractivity contribution in [3.63, 3.8) is 0 Å². The fourth-order valence-corrected chi connectivity index (χ4v) is 0.922. The highest BCUT2D eigenvalue weighted by atomic mass is 19.1. The molecule has 0 spiro atoms. The second-order valence-corrected chi connectivity index (χ2v) is 2.60. The first-order chi connectivity index (χ1) is 6.72. The number of nitrogens with one attached hydrogen (secondary N) is 1. The lowest BCUT2D eigenvalue weighted by atomic mass is 10.3. The lowest BCUT2D eigenvalue weighted by molar-refractivity contribution is 0.272. The van der Waals surface area contributed by atoms with E-state index in [1.165, 1.54) is 12.1 Å². The average molecular weight is 197 g/mol. The molecule has 1 aromatic carbocycles. The van der Waals surface area contributed by atoms with Gasteiger partial charge in [0.05, 0.1) is 6.61 Å². The second-order valence-electron chi connectivity index (χ2n) is 2.60. The standard InChI is InChI=1S/C10H12FNO2/c1-2-13-10(12)7-14-9-5-3-4-8(11)6-9/h3-6,12H,2,7H2,1H3. The smallest absolute Gasteiger partial charge is 0.219 e. The summed E-state index contributed by atoms with van der Waals surface area (Å²) in [6, 6.07) is 5.78. The van der Waals surface area contributed by atoms with Crippen LogP contribution in [0.3, 0.4) is 0 Å². The number of halogens is 1. The van der Waals surface area contributed by atoms with E-state index in [1.807, 2.05) is 0 Å². The molecule has 0 aliphatic carbocycles. The van der Waals surface area contributed by atoms with Gasteiger partial charge in [-0.25, -0.2) is 4.39 Å². The molecule has 0 aromatic heterocycles. The van der Waals surface area contributed by atoms with Gasteiger partial charge < -0.3 is 9.47 Å². The van der Waals surface area contributed by atoms with Crippen molar-refractivity contribution in [3.05, 3.63) is 30.1 Å². The highest BCUT2D eigenvalue weighted by molar-refractivity contribution is 5.74. The first-order valence-corrected chi connectivity index (χ1v) is 4.31. The molecule has 1 N–H and O–H groups in total. The number of hydrogen-bond acceptors (Lipinski definition) is 3. The third-order valence-corrected chi connectivity index (χ3v) is 1.48. The quantitative estimate of drug-likeness (QED) is 0.594. The summed E-state index contributed by atoms with van der Waals surface area (Å²) in [4.78, 5) is 0. The Balaban J connectivity index is 2.41. The van der Waals surface area contributed by atoms with Gasteiger partial charge in [-0.3, -0.25) is 5.41 Å². The van der Waals surface area contributed by atoms with Crippen molar-refractivity contribution in [1.82, 2.24) is 0 Å².